The van der Waals surface area contributed by atoms with Gasteiger partial charge in [-0.3, -0.25) is 4.79 Å². The Hall–Kier alpha value is -2.30. The van der Waals surface area contributed by atoms with Crippen molar-refractivity contribution >= 4 is 11.6 Å². The second kappa shape index (κ2) is 7.52. The fourth-order valence-electron chi connectivity index (χ4n) is 3.50. The van der Waals surface area contributed by atoms with Crippen LogP contribution in [-0.2, 0) is 4.79 Å². The first-order chi connectivity index (χ1) is 12.4. The lowest BCUT2D eigenvalue weighted by molar-refractivity contribution is -0.140. The van der Waals surface area contributed by atoms with Crippen LogP contribution in [0.4, 0.5) is 5.69 Å². The summed E-state index contributed by atoms with van der Waals surface area (Å²) in [5, 5.41) is 8.03. The predicted octanol–water partition coefficient (Wildman–Crippen LogP) is 3.88. The fourth-order valence-corrected chi connectivity index (χ4v) is 3.50. The smallest absolute Gasteiger partial charge is 0.227 e. The molecule has 0 spiro atoms. The summed E-state index contributed by atoms with van der Waals surface area (Å²) < 4.78 is 1.97. The predicted molar refractivity (Wildman–Crippen MR) is 106 cm³/mol. The molecule has 26 heavy (non-hydrogen) atoms. The van der Waals surface area contributed by atoms with Gasteiger partial charge in [0.2, 0.25) is 5.91 Å². The molecule has 1 fully saturated rings. The minimum atomic E-state index is -0.286. The zero-order valence-corrected chi connectivity index (χ0v) is 16.3. The van der Waals surface area contributed by atoms with Crippen LogP contribution < -0.4 is 5.32 Å². The van der Waals surface area contributed by atoms with Gasteiger partial charge in [-0.25, -0.2) is 4.68 Å². The zero-order chi connectivity index (χ0) is 18.7. The van der Waals surface area contributed by atoms with Gasteiger partial charge in [-0.2, -0.15) is 5.10 Å². The molecule has 1 aromatic heterocycles. The van der Waals surface area contributed by atoms with Gasteiger partial charge < -0.3 is 10.2 Å². The number of anilines is 1. The largest absolute Gasteiger partial charge is 0.383 e. The van der Waals surface area contributed by atoms with E-state index in [9.17, 15) is 4.79 Å². The number of nitrogens with one attached hydrogen (secondary N) is 1. The minimum absolute atomic E-state index is 0.267. The van der Waals surface area contributed by atoms with Crippen molar-refractivity contribution in [3.63, 3.8) is 0 Å². The number of amides is 1. The van der Waals surface area contributed by atoms with Crippen molar-refractivity contribution < 1.29 is 4.79 Å². The molecule has 2 aromatic rings. The van der Waals surface area contributed by atoms with Crippen molar-refractivity contribution in [2.45, 2.75) is 40.5 Å². The molecule has 2 heterocycles. The Morgan fingerprint density at radius 3 is 2.50 bits per heavy atom. The zero-order valence-electron chi connectivity index (χ0n) is 16.3. The highest BCUT2D eigenvalue weighted by molar-refractivity contribution is 5.81. The Bertz CT molecular complexity index is 751. The van der Waals surface area contributed by atoms with Crippen LogP contribution in [0.25, 0.3) is 5.69 Å². The number of aryl methyl sites for hydroxylation is 1. The summed E-state index contributed by atoms with van der Waals surface area (Å²) in [6, 6.07) is 10.3. The summed E-state index contributed by atoms with van der Waals surface area (Å²) in [4.78, 5) is 14.4. The van der Waals surface area contributed by atoms with Gasteiger partial charge in [0.25, 0.3) is 0 Å². The highest BCUT2D eigenvalue weighted by Crippen LogP contribution is 2.25. The van der Waals surface area contributed by atoms with Crippen LogP contribution in [0.2, 0.25) is 0 Å². The molecule has 5 heteroatoms. The molecule has 0 aliphatic carbocycles. The summed E-state index contributed by atoms with van der Waals surface area (Å²) in [5.74, 6) is 0.856. The SMILES string of the molecule is Cc1ccnn1-c1ccccc1NCC1CCN(C(=O)C(C)(C)C)CC1. The summed E-state index contributed by atoms with van der Waals surface area (Å²) in [7, 11) is 0. The van der Waals surface area contributed by atoms with Gasteiger partial charge in [-0.1, -0.05) is 32.9 Å². The molecule has 1 amide bonds. The molecular weight excluding hydrogens is 324 g/mol. The highest BCUT2D eigenvalue weighted by Gasteiger charge is 2.30. The number of carbonyl (C=O) groups excluding carboxylic acids is 1. The number of likely N-dealkylation sites (tertiary alicyclic amines) is 1. The van der Waals surface area contributed by atoms with E-state index in [0.717, 1.165) is 49.5 Å². The number of hydrogen-bond donors (Lipinski definition) is 1. The van der Waals surface area contributed by atoms with Crippen molar-refractivity contribution in [2.75, 3.05) is 25.0 Å². The Morgan fingerprint density at radius 2 is 1.88 bits per heavy atom. The number of benzene rings is 1. The number of rotatable bonds is 4. The van der Waals surface area contributed by atoms with Crippen LogP contribution in [0.3, 0.4) is 0 Å². The molecular formula is C21H30N4O. The van der Waals surface area contributed by atoms with E-state index in [0.29, 0.717) is 5.92 Å². The van der Waals surface area contributed by atoms with Crippen LogP contribution in [0, 0.1) is 18.3 Å². The Labute approximate surface area is 156 Å². The Kier molecular flexibility index (Phi) is 5.35. The molecule has 0 bridgehead atoms. The van der Waals surface area contributed by atoms with Crippen molar-refractivity contribution in [1.29, 1.82) is 0 Å². The van der Waals surface area contributed by atoms with Crippen LogP contribution in [0.5, 0.6) is 0 Å². The minimum Gasteiger partial charge on any atom is -0.383 e. The van der Waals surface area contributed by atoms with Gasteiger partial charge in [0, 0.05) is 36.9 Å². The van der Waals surface area contributed by atoms with E-state index in [1.807, 2.05) is 48.7 Å². The monoisotopic (exact) mass is 354 g/mol. The van der Waals surface area contributed by atoms with Gasteiger partial charge in [0.05, 0.1) is 11.4 Å². The van der Waals surface area contributed by atoms with E-state index >= 15 is 0 Å². The lowest BCUT2D eigenvalue weighted by Gasteiger charge is -2.36. The van der Waals surface area contributed by atoms with Gasteiger partial charge >= 0.3 is 0 Å². The van der Waals surface area contributed by atoms with Crippen molar-refractivity contribution in [3.05, 3.63) is 42.2 Å². The molecule has 0 radical (unpaired) electrons. The van der Waals surface area contributed by atoms with Crippen LogP contribution >= 0.6 is 0 Å². The maximum absolute atomic E-state index is 12.4. The quantitative estimate of drug-likeness (QED) is 0.906. The number of carbonyl (C=O) groups is 1. The maximum atomic E-state index is 12.4. The maximum Gasteiger partial charge on any atom is 0.227 e. The third-order valence-electron chi connectivity index (χ3n) is 5.09. The molecule has 5 nitrogen and oxygen atoms in total. The first kappa shape index (κ1) is 18.5. The molecule has 3 rings (SSSR count). The fraction of sp³-hybridized carbons (Fsp3) is 0.524. The molecule has 0 atom stereocenters. The second-order valence-electron chi connectivity index (χ2n) is 8.27. The normalized spacial score (nSPS) is 15.9. The van der Waals surface area contributed by atoms with Crippen LogP contribution in [0.15, 0.2) is 36.5 Å². The molecule has 1 aromatic carbocycles. The van der Waals surface area contributed by atoms with E-state index in [4.69, 9.17) is 0 Å². The van der Waals surface area contributed by atoms with Crippen LogP contribution in [-0.4, -0.2) is 40.2 Å². The Morgan fingerprint density at radius 1 is 1.19 bits per heavy atom. The van der Waals surface area contributed by atoms with E-state index in [-0.39, 0.29) is 11.3 Å². The lowest BCUT2D eigenvalue weighted by Crippen LogP contribution is -2.44. The van der Waals surface area contributed by atoms with Gasteiger partial charge in [0.1, 0.15) is 0 Å². The van der Waals surface area contributed by atoms with Crippen molar-refractivity contribution in [3.8, 4) is 5.69 Å². The van der Waals surface area contributed by atoms with Crippen LogP contribution in [0.1, 0.15) is 39.3 Å². The molecule has 140 valence electrons. The molecule has 0 unspecified atom stereocenters. The number of hydrogen-bond acceptors (Lipinski definition) is 3. The van der Waals surface area contributed by atoms with E-state index in [1.165, 1.54) is 0 Å². The molecule has 1 saturated heterocycles. The molecule has 1 aliphatic heterocycles. The number of nitrogens with zero attached hydrogens (tertiary/aromatic N) is 3. The van der Waals surface area contributed by atoms with Crippen molar-refractivity contribution in [2.24, 2.45) is 11.3 Å². The first-order valence-electron chi connectivity index (χ1n) is 9.49. The lowest BCUT2D eigenvalue weighted by atomic mass is 9.91. The topological polar surface area (TPSA) is 50.2 Å². The van der Waals surface area contributed by atoms with Gasteiger partial charge in [-0.05, 0) is 43.9 Å². The van der Waals surface area contributed by atoms with E-state index in [1.54, 1.807) is 0 Å². The summed E-state index contributed by atoms with van der Waals surface area (Å²) in [5.41, 5.74) is 3.02. The van der Waals surface area contributed by atoms with E-state index in [2.05, 4.69) is 35.5 Å². The van der Waals surface area contributed by atoms with Gasteiger partial charge in [-0.15, -0.1) is 0 Å². The second-order valence-corrected chi connectivity index (χ2v) is 8.27. The third kappa shape index (κ3) is 4.09. The summed E-state index contributed by atoms with van der Waals surface area (Å²) in [6.07, 6.45) is 3.93. The summed E-state index contributed by atoms with van der Waals surface area (Å²) in [6.45, 7) is 10.7. The molecule has 1 N–H and O–H groups in total. The first-order valence-corrected chi connectivity index (χ1v) is 9.49. The Balaban J connectivity index is 1.58. The third-order valence-corrected chi connectivity index (χ3v) is 5.09. The van der Waals surface area contributed by atoms with Crippen molar-refractivity contribution in [1.82, 2.24) is 14.7 Å². The standard InChI is InChI=1S/C21H30N4O/c1-16-9-12-23-25(16)19-8-6-5-7-18(19)22-15-17-10-13-24(14-11-17)20(26)21(2,3)4/h5-9,12,17,22H,10-11,13-15H2,1-4H3. The van der Waals surface area contributed by atoms with E-state index < -0.39 is 0 Å². The average molecular weight is 354 g/mol. The average Bonchev–Trinajstić information content (AvgIpc) is 3.05. The number of para-hydroxylation sites is 2. The number of piperidine rings is 1. The summed E-state index contributed by atoms with van der Waals surface area (Å²) >= 11 is 0. The molecule has 1 aliphatic rings. The highest BCUT2D eigenvalue weighted by atomic mass is 16.2. The number of aromatic nitrogens is 2. The van der Waals surface area contributed by atoms with Gasteiger partial charge in [0.15, 0.2) is 0 Å². The molecule has 0 saturated carbocycles.